The van der Waals surface area contributed by atoms with Crippen molar-refractivity contribution in [2.75, 3.05) is 40.0 Å². The fraction of sp³-hybridized carbons (Fsp3) is 0.543. The van der Waals surface area contributed by atoms with Gasteiger partial charge in [-0.3, -0.25) is 24.1 Å². The van der Waals surface area contributed by atoms with E-state index in [2.05, 4.69) is 20.9 Å². The second kappa shape index (κ2) is 15.3. The maximum Gasteiger partial charge on any atom is 0.245 e. The molecule has 2 unspecified atom stereocenters. The van der Waals surface area contributed by atoms with Crippen LogP contribution in [0.25, 0.3) is 0 Å². The van der Waals surface area contributed by atoms with Crippen LogP contribution in [0.1, 0.15) is 43.4 Å². The number of methoxy groups -OCH3 is 1. The molecule has 3 amide bonds. The van der Waals surface area contributed by atoms with Crippen molar-refractivity contribution in [2.45, 2.75) is 75.9 Å². The second-order valence-electron chi connectivity index (χ2n) is 12.8. The Bertz CT molecular complexity index is 1360. The van der Waals surface area contributed by atoms with Crippen molar-refractivity contribution in [3.63, 3.8) is 0 Å². The first kappa shape index (κ1) is 33.7. The lowest BCUT2D eigenvalue weighted by atomic mass is 9.79. The van der Waals surface area contributed by atoms with Crippen LogP contribution in [0.4, 0.5) is 0 Å². The number of hydrogen-bond donors (Lipinski definition) is 3. The average molecular weight is 635 g/mol. The van der Waals surface area contributed by atoms with E-state index in [1.165, 1.54) is 7.11 Å². The zero-order valence-corrected chi connectivity index (χ0v) is 27.0. The Balaban J connectivity index is 1.20. The van der Waals surface area contributed by atoms with Gasteiger partial charge in [-0.05, 0) is 48.8 Å². The molecule has 248 valence electrons. The maximum atomic E-state index is 13.6. The van der Waals surface area contributed by atoms with Gasteiger partial charge in [0.15, 0.2) is 11.4 Å². The number of hydrogen-bond acceptors (Lipinski definition) is 8. The summed E-state index contributed by atoms with van der Waals surface area (Å²) in [5.41, 5.74) is 2.15. The third kappa shape index (κ3) is 8.58. The highest BCUT2D eigenvalue weighted by Gasteiger charge is 2.65. The number of carbonyl (C=O) groups excluding carboxylic acids is 4. The molecule has 0 aromatic heterocycles. The lowest BCUT2D eigenvalue weighted by molar-refractivity contribution is -0.135. The molecule has 0 bridgehead atoms. The molecule has 3 aliphatic rings. The van der Waals surface area contributed by atoms with Gasteiger partial charge in [0.25, 0.3) is 0 Å². The number of epoxide rings is 1. The molecule has 2 saturated heterocycles. The van der Waals surface area contributed by atoms with Crippen molar-refractivity contribution in [1.29, 1.82) is 0 Å². The molecular formula is C35H46N4O7. The lowest BCUT2D eigenvalue weighted by Crippen LogP contribution is -2.59. The van der Waals surface area contributed by atoms with Gasteiger partial charge in [0.2, 0.25) is 17.7 Å². The number of fused-ring (bicyclic) bond motifs is 1. The molecule has 3 N–H and O–H groups in total. The highest BCUT2D eigenvalue weighted by molar-refractivity contribution is 5.99. The number of ketones is 1. The molecule has 1 saturated carbocycles. The fourth-order valence-corrected chi connectivity index (χ4v) is 6.49. The van der Waals surface area contributed by atoms with E-state index in [0.717, 1.165) is 49.5 Å². The SMILES string of the molecule is COC[C@H](NC(=O)[C@H](CCc1ccccc1)NC(=O)Cc1ccc(CN2CCOCC2)cc1)C(=O)N[C@H]1CC(C)C2O[C@@]2(C)C1=O. The molecular weight excluding hydrogens is 588 g/mol. The molecule has 2 heterocycles. The summed E-state index contributed by atoms with van der Waals surface area (Å²) >= 11 is 0. The number of amides is 3. The summed E-state index contributed by atoms with van der Waals surface area (Å²) in [6, 6.07) is 15.0. The molecule has 11 nitrogen and oxygen atoms in total. The Hall–Kier alpha value is -3.64. The van der Waals surface area contributed by atoms with Crippen molar-refractivity contribution in [1.82, 2.24) is 20.9 Å². The van der Waals surface area contributed by atoms with Gasteiger partial charge in [0, 0.05) is 26.7 Å². The highest BCUT2D eigenvalue weighted by atomic mass is 16.6. The van der Waals surface area contributed by atoms with Crippen LogP contribution >= 0.6 is 0 Å². The third-order valence-electron chi connectivity index (χ3n) is 9.18. The lowest BCUT2D eigenvalue weighted by Gasteiger charge is -2.29. The predicted molar refractivity (Wildman–Crippen MR) is 171 cm³/mol. The molecule has 46 heavy (non-hydrogen) atoms. The first-order valence-electron chi connectivity index (χ1n) is 16.2. The topological polar surface area (TPSA) is 139 Å². The summed E-state index contributed by atoms with van der Waals surface area (Å²) in [5.74, 6) is -1.36. The molecule has 2 aromatic carbocycles. The molecule has 6 atom stereocenters. The van der Waals surface area contributed by atoms with Crippen molar-refractivity contribution in [2.24, 2.45) is 5.92 Å². The van der Waals surface area contributed by atoms with Gasteiger partial charge in [-0.1, -0.05) is 61.5 Å². The molecule has 5 rings (SSSR count). The fourth-order valence-electron chi connectivity index (χ4n) is 6.49. The van der Waals surface area contributed by atoms with Gasteiger partial charge in [-0.25, -0.2) is 0 Å². The molecule has 1 aliphatic carbocycles. The van der Waals surface area contributed by atoms with Crippen molar-refractivity contribution in [3.05, 3.63) is 71.3 Å². The van der Waals surface area contributed by atoms with Crippen LogP contribution < -0.4 is 16.0 Å². The standard InChI is InChI=1S/C35H46N4O7/c1-23-19-28(31(41)35(2)32(23)46-35)37-34(43)29(22-44-3)38-33(42)27(14-13-24-7-5-4-6-8-24)36-30(40)20-25-9-11-26(12-10-25)21-39-15-17-45-18-16-39/h4-12,23,27-29,32H,13-22H2,1-3H3,(H,36,40)(H,37,43)(H,38,42)/t23?,27-,28-,29-,32?,35-/m0/s1. The largest absolute Gasteiger partial charge is 0.382 e. The number of aryl methyl sites for hydroxylation is 1. The van der Waals surface area contributed by atoms with Gasteiger partial charge in [0.1, 0.15) is 12.1 Å². The van der Waals surface area contributed by atoms with Crippen molar-refractivity contribution < 1.29 is 33.4 Å². The third-order valence-corrected chi connectivity index (χ3v) is 9.18. The van der Waals surface area contributed by atoms with Gasteiger partial charge in [-0.15, -0.1) is 0 Å². The maximum absolute atomic E-state index is 13.6. The summed E-state index contributed by atoms with van der Waals surface area (Å²) in [7, 11) is 1.44. The first-order chi connectivity index (χ1) is 22.2. The molecule has 3 fully saturated rings. The summed E-state index contributed by atoms with van der Waals surface area (Å²) in [6.45, 7) is 7.76. The number of ether oxygens (including phenoxy) is 3. The summed E-state index contributed by atoms with van der Waals surface area (Å²) in [4.78, 5) is 55.5. The van der Waals surface area contributed by atoms with E-state index in [1.807, 2.05) is 61.5 Å². The number of nitrogens with one attached hydrogen (secondary N) is 3. The van der Waals surface area contributed by atoms with Crippen LogP contribution in [-0.4, -0.2) is 98.3 Å². The summed E-state index contributed by atoms with van der Waals surface area (Å²) in [5, 5.41) is 8.48. The predicted octanol–water partition coefficient (Wildman–Crippen LogP) is 1.56. The molecule has 2 aromatic rings. The number of morpholine rings is 1. The minimum atomic E-state index is -1.05. The number of nitrogens with zero attached hydrogens (tertiary/aromatic N) is 1. The van der Waals surface area contributed by atoms with Gasteiger partial charge in [0.05, 0.1) is 38.4 Å². The van der Waals surface area contributed by atoms with Crippen LogP contribution in [0.2, 0.25) is 0 Å². The minimum Gasteiger partial charge on any atom is -0.382 e. The van der Waals surface area contributed by atoms with Crippen molar-refractivity contribution >= 4 is 23.5 Å². The molecule has 0 radical (unpaired) electrons. The number of Topliss-reactive ketones (excluding diaryl/α,β-unsaturated/α-hetero) is 1. The molecule has 0 spiro atoms. The van der Waals surface area contributed by atoms with Crippen LogP contribution in [-0.2, 0) is 52.8 Å². The monoisotopic (exact) mass is 634 g/mol. The molecule has 2 aliphatic heterocycles. The Morgan fingerprint density at radius 1 is 0.957 bits per heavy atom. The summed E-state index contributed by atoms with van der Waals surface area (Å²) < 4.78 is 16.3. The van der Waals surface area contributed by atoms with E-state index >= 15 is 0 Å². The van der Waals surface area contributed by atoms with Crippen LogP contribution in [0.3, 0.4) is 0 Å². The highest BCUT2D eigenvalue weighted by Crippen LogP contribution is 2.48. The van der Waals surface area contributed by atoms with E-state index in [4.69, 9.17) is 14.2 Å². The number of benzene rings is 2. The van der Waals surface area contributed by atoms with E-state index in [-0.39, 0.29) is 36.7 Å². The number of carbonyl (C=O) groups is 4. The van der Waals surface area contributed by atoms with Crippen LogP contribution in [0.15, 0.2) is 54.6 Å². The van der Waals surface area contributed by atoms with Crippen molar-refractivity contribution in [3.8, 4) is 0 Å². The van der Waals surface area contributed by atoms with E-state index < -0.39 is 35.5 Å². The van der Waals surface area contributed by atoms with Gasteiger partial charge < -0.3 is 30.2 Å². The van der Waals surface area contributed by atoms with Gasteiger partial charge in [-0.2, -0.15) is 0 Å². The Kier molecular flexibility index (Phi) is 11.2. The second-order valence-corrected chi connectivity index (χ2v) is 12.8. The Morgan fingerprint density at radius 2 is 1.65 bits per heavy atom. The average Bonchev–Trinajstić information content (AvgIpc) is 3.77. The van der Waals surface area contributed by atoms with Gasteiger partial charge >= 0.3 is 0 Å². The van der Waals surface area contributed by atoms with E-state index in [1.54, 1.807) is 6.92 Å². The smallest absolute Gasteiger partial charge is 0.245 e. The normalized spacial score (nSPS) is 25.5. The van der Waals surface area contributed by atoms with E-state index in [9.17, 15) is 19.2 Å². The Morgan fingerprint density at radius 3 is 2.35 bits per heavy atom. The zero-order chi connectivity index (χ0) is 32.7. The molecule has 11 heteroatoms. The quantitative estimate of drug-likeness (QED) is 0.266. The Labute approximate surface area is 270 Å². The minimum absolute atomic E-state index is 0.0966. The first-order valence-corrected chi connectivity index (χ1v) is 16.2. The summed E-state index contributed by atoms with van der Waals surface area (Å²) in [6.07, 6.45) is 1.33. The zero-order valence-electron chi connectivity index (χ0n) is 27.0. The van der Waals surface area contributed by atoms with Crippen LogP contribution in [0.5, 0.6) is 0 Å². The number of rotatable bonds is 14. The van der Waals surface area contributed by atoms with Crippen LogP contribution in [0, 0.1) is 5.92 Å². The van der Waals surface area contributed by atoms with E-state index in [0.29, 0.717) is 19.3 Å².